The Morgan fingerprint density at radius 2 is 1.81 bits per heavy atom. The standard InChI is InChI=1S/C23H28N4O4/c1-6-31-23(30)20-14(2)18(15(3)24-20)12-13-19(28)25-21-16(4)26(5)27(22(21)29)17-10-8-7-9-11-17/h7-11,24H,6,12-13H2,1-5H3,(H,25,28). The predicted molar refractivity (Wildman–Crippen MR) is 119 cm³/mol. The van der Waals surface area contributed by atoms with E-state index in [0.29, 0.717) is 24.4 Å². The molecular formula is C23H28N4O4. The zero-order valence-corrected chi connectivity index (χ0v) is 18.5. The Bertz CT molecular complexity index is 1170. The van der Waals surface area contributed by atoms with Gasteiger partial charge in [-0.2, -0.15) is 0 Å². The molecule has 3 rings (SSSR count). The van der Waals surface area contributed by atoms with E-state index >= 15 is 0 Å². The van der Waals surface area contributed by atoms with Crippen LogP contribution >= 0.6 is 0 Å². The van der Waals surface area contributed by atoms with Crippen LogP contribution in [-0.2, 0) is 23.0 Å². The Morgan fingerprint density at radius 1 is 1.13 bits per heavy atom. The first-order chi connectivity index (χ1) is 14.8. The third kappa shape index (κ3) is 4.33. The maximum atomic E-state index is 12.9. The molecule has 1 aromatic carbocycles. The number of H-pyrrole nitrogens is 1. The SMILES string of the molecule is CCOC(=O)c1[nH]c(C)c(CCC(=O)Nc2c(C)n(C)n(-c3ccccc3)c2=O)c1C. The number of aryl methyl sites for hydroxylation is 1. The highest BCUT2D eigenvalue weighted by Crippen LogP contribution is 2.21. The van der Waals surface area contributed by atoms with Crippen LogP contribution in [0.3, 0.4) is 0 Å². The van der Waals surface area contributed by atoms with Gasteiger partial charge in [0, 0.05) is 19.2 Å². The first kappa shape index (κ1) is 22.1. The summed E-state index contributed by atoms with van der Waals surface area (Å²) < 4.78 is 8.32. The Kier molecular flexibility index (Phi) is 6.48. The summed E-state index contributed by atoms with van der Waals surface area (Å²) in [4.78, 5) is 40.7. The van der Waals surface area contributed by atoms with Gasteiger partial charge in [-0.15, -0.1) is 0 Å². The molecule has 2 heterocycles. The fourth-order valence-corrected chi connectivity index (χ4v) is 3.72. The summed E-state index contributed by atoms with van der Waals surface area (Å²) in [6, 6.07) is 9.27. The number of hydrogen-bond donors (Lipinski definition) is 2. The zero-order chi connectivity index (χ0) is 22.7. The number of anilines is 1. The van der Waals surface area contributed by atoms with Gasteiger partial charge in [0.1, 0.15) is 11.4 Å². The van der Waals surface area contributed by atoms with Crippen LogP contribution in [0.15, 0.2) is 35.1 Å². The first-order valence-electron chi connectivity index (χ1n) is 10.2. The topological polar surface area (TPSA) is 98.1 Å². The highest BCUT2D eigenvalue weighted by Gasteiger charge is 2.21. The summed E-state index contributed by atoms with van der Waals surface area (Å²) in [5.41, 5.74) is 4.32. The minimum absolute atomic E-state index is 0.181. The van der Waals surface area contributed by atoms with Crippen molar-refractivity contribution in [2.75, 3.05) is 11.9 Å². The minimum atomic E-state index is -0.403. The van der Waals surface area contributed by atoms with Crippen LogP contribution in [0, 0.1) is 20.8 Å². The Morgan fingerprint density at radius 3 is 2.45 bits per heavy atom. The second-order valence-electron chi connectivity index (χ2n) is 7.43. The Balaban J connectivity index is 1.76. The molecule has 0 aliphatic rings. The van der Waals surface area contributed by atoms with E-state index in [1.165, 1.54) is 4.68 Å². The van der Waals surface area contributed by atoms with Crippen molar-refractivity contribution in [3.8, 4) is 5.69 Å². The van der Waals surface area contributed by atoms with E-state index in [-0.39, 0.29) is 23.6 Å². The number of amides is 1. The Hall–Kier alpha value is -3.55. The van der Waals surface area contributed by atoms with Gasteiger partial charge in [0.15, 0.2) is 0 Å². The van der Waals surface area contributed by atoms with E-state index in [1.54, 1.807) is 25.6 Å². The molecule has 8 heteroatoms. The molecule has 0 fully saturated rings. The third-order valence-corrected chi connectivity index (χ3v) is 5.49. The van der Waals surface area contributed by atoms with Crippen molar-refractivity contribution in [1.82, 2.24) is 14.3 Å². The number of benzene rings is 1. The van der Waals surface area contributed by atoms with Crippen LogP contribution in [-0.4, -0.2) is 32.8 Å². The average Bonchev–Trinajstić information content (AvgIpc) is 3.14. The number of aromatic amines is 1. The van der Waals surface area contributed by atoms with Gasteiger partial charge in [0.05, 0.1) is 18.0 Å². The lowest BCUT2D eigenvalue weighted by Gasteiger charge is -2.07. The minimum Gasteiger partial charge on any atom is -0.461 e. The number of ether oxygens (including phenoxy) is 1. The number of hydrogen-bond acceptors (Lipinski definition) is 4. The highest BCUT2D eigenvalue weighted by atomic mass is 16.5. The molecule has 0 aliphatic carbocycles. The fraction of sp³-hybridized carbons (Fsp3) is 0.348. The van der Waals surface area contributed by atoms with Crippen molar-refractivity contribution in [1.29, 1.82) is 0 Å². The van der Waals surface area contributed by atoms with Gasteiger partial charge in [-0.3, -0.25) is 14.3 Å². The number of nitrogens with zero attached hydrogens (tertiary/aromatic N) is 2. The van der Waals surface area contributed by atoms with Crippen LogP contribution in [0.5, 0.6) is 0 Å². The number of esters is 1. The number of aromatic nitrogens is 3. The third-order valence-electron chi connectivity index (χ3n) is 5.49. The van der Waals surface area contributed by atoms with Crippen molar-refractivity contribution in [3.63, 3.8) is 0 Å². The van der Waals surface area contributed by atoms with Crippen molar-refractivity contribution in [2.45, 2.75) is 40.5 Å². The van der Waals surface area contributed by atoms with Crippen LogP contribution in [0.4, 0.5) is 5.69 Å². The molecule has 0 saturated heterocycles. The number of rotatable bonds is 7. The van der Waals surface area contributed by atoms with Gasteiger partial charge >= 0.3 is 5.97 Å². The van der Waals surface area contributed by atoms with Gasteiger partial charge in [-0.1, -0.05) is 18.2 Å². The second-order valence-corrected chi connectivity index (χ2v) is 7.43. The molecule has 0 aliphatic heterocycles. The van der Waals surface area contributed by atoms with E-state index in [2.05, 4.69) is 10.3 Å². The quantitative estimate of drug-likeness (QED) is 0.569. The maximum absolute atomic E-state index is 12.9. The Labute approximate surface area is 180 Å². The number of para-hydroxylation sites is 1. The summed E-state index contributed by atoms with van der Waals surface area (Å²) in [6.07, 6.45) is 0.624. The monoisotopic (exact) mass is 424 g/mol. The van der Waals surface area contributed by atoms with Gasteiger partial charge in [0.2, 0.25) is 5.91 Å². The van der Waals surface area contributed by atoms with Crippen LogP contribution < -0.4 is 10.9 Å². The summed E-state index contributed by atoms with van der Waals surface area (Å²) in [5, 5.41) is 2.77. The summed E-state index contributed by atoms with van der Waals surface area (Å²) in [6.45, 7) is 7.55. The lowest BCUT2D eigenvalue weighted by Crippen LogP contribution is -2.23. The van der Waals surface area contributed by atoms with E-state index in [0.717, 1.165) is 22.5 Å². The summed E-state index contributed by atoms with van der Waals surface area (Å²) in [7, 11) is 1.78. The van der Waals surface area contributed by atoms with E-state index in [9.17, 15) is 14.4 Å². The lowest BCUT2D eigenvalue weighted by molar-refractivity contribution is -0.116. The van der Waals surface area contributed by atoms with Gasteiger partial charge in [0.25, 0.3) is 5.56 Å². The molecule has 31 heavy (non-hydrogen) atoms. The van der Waals surface area contributed by atoms with E-state index in [1.807, 2.05) is 44.2 Å². The molecule has 0 atom stereocenters. The van der Waals surface area contributed by atoms with Crippen molar-refractivity contribution >= 4 is 17.6 Å². The summed E-state index contributed by atoms with van der Waals surface area (Å²) >= 11 is 0. The van der Waals surface area contributed by atoms with Crippen LogP contribution in [0.25, 0.3) is 5.69 Å². The molecule has 0 unspecified atom stereocenters. The van der Waals surface area contributed by atoms with Crippen molar-refractivity contribution < 1.29 is 14.3 Å². The fourth-order valence-electron chi connectivity index (χ4n) is 3.72. The second kappa shape index (κ2) is 9.07. The normalized spacial score (nSPS) is 10.9. The zero-order valence-electron chi connectivity index (χ0n) is 18.5. The first-order valence-corrected chi connectivity index (χ1v) is 10.2. The van der Waals surface area contributed by atoms with Gasteiger partial charge in [-0.05, 0) is 57.4 Å². The maximum Gasteiger partial charge on any atom is 0.355 e. The van der Waals surface area contributed by atoms with E-state index in [4.69, 9.17) is 4.74 Å². The number of carbonyl (C=O) groups is 2. The summed E-state index contributed by atoms with van der Waals surface area (Å²) in [5.74, 6) is -0.663. The van der Waals surface area contributed by atoms with Crippen molar-refractivity contribution in [3.05, 3.63) is 68.9 Å². The molecule has 2 aromatic heterocycles. The van der Waals surface area contributed by atoms with Crippen LogP contribution in [0.1, 0.15) is 46.3 Å². The van der Waals surface area contributed by atoms with Gasteiger partial charge < -0.3 is 15.0 Å². The molecule has 0 spiro atoms. The van der Waals surface area contributed by atoms with Gasteiger partial charge in [-0.25, -0.2) is 9.48 Å². The predicted octanol–water partition coefficient (Wildman–Crippen LogP) is 3.18. The molecule has 0 bridgehead atoms. The highest BCUT2D eigenvalue weighted by molar-refractivity contribution is 5.92. The largest absolute Gasteiger partial charge is 0.461 e. The lowest BCUT2D eigenvalue weighted by atomic mass is 10.0. The molecular weight excluding hydrogens is 396 g/mol. The van der Waals surface area contributed by atoms with E-state index < -0.39 is 5.97 Å². The number of nitrogens with one attached hydrogen (secondary N) is 2. The average molecular weight is 425 g/mol. The molecule has 8 nitrogen and oxygen atoms in total. The van der Waals surface area contributed by atoms with Crippen molar-refractivity contribution in [2.24, 2.45) is 7.05 Å². The molecule has 1 amide bonds. The molecule has 164 valence electrons. The molecule has 0 saturated carbocycles. The molecule has 3 aromatic rings. The van der Waals surface area contributed by atoms with Crippen LogP contribution in [0.2, 0.25) is 0 Å². The smallest absolute Gasteiger partial charge is 0.355 e. The molecule has 0 radical (unpaired) electrons. The molecule has 2 N–H and O–H groups in total. The number of carbonyl (C=O) groups excluding carboxylic acids is 2.